The van der Waals surface area contributed by atoms with Crippen LogP contribution >= 0.6 is 0 Å². The van der Waals surface area contributed by atoms with Crippen molar-refractivity contribution in [3.8, 4) is 11.5 Å². The maximum atomic E-state index is 13.9. The van der Waals surface area contributed by atoms with Crippen LogP contribution < -0.4 is 9.47 Å². The van der Waals surface area contributed by atoms with E-state index in [2.05, 4.69) is 0 Å². The van der Waals surface area contributed by atoms with Gasteiger partial charge in [0.1, 0.15) is 0 Å². The minimum Gasteiger partial charge on any atom is -0.423 e. The second-order valence-electron chi connectivity index (χ2n) is 6.86. The van der Waals surface area contributed by atoms with Crippen molar-refractivity contribution < 1.29 is 37.4 Å². The third-order valence-corrected chi connectivity index (χ3v) is 4.15. The quantitative estimate of drug-likeness (QED) is 0.361. The molecule has 6 nitrogen and oxygen atoms in total. The molecule has 2 rings (SSSR count). The zero-order valence-corrected chi connectivity index (χ0v) is 16.7. The summed E-state index contributed by atoms with van der Waals surface area (Å²) in [6, 6.07) is 6.96. The minimum absolute atomic E-state index is 0.145. The summed E-state index contributed by atoms with van der Waals surface area (Å²) in [5, 5.41) is 0. The number of ether oxygens (including phenoxy) is 2. The molecule has 8 heteroatoms. The number of carbonyl (C=O) groups is 4. The molecule has 0 aromatic heterocycles. The Balaban J connectivity index is 1.90. The van der Waals surface area contributed by atoms with Crippen molar-refractivity contribution in [2.45, 2.75) is 33.6 Å². The Kier molecular flexibility index (Phi) is 7.52. The predicted molar refractivity (Wildman–Crippen MR) is 102 cm³/mol. The number of ketones is 2. The average molecular weight is 418 g/mol. The molecular formula is C22H20F2O6. The standard InChI is InChI=1S/C22H20F2O6/c1-12(8-21(27)29-19-6-4-15(13(2)25)10-17(19)23)9-22(28)30-20-7-5-16(14(3)26)11-18(20)24/h4-7,10-12H,8-9H2,1-3H3. The first-order valence-electron chi connectivity index (χ1n) is 9.09. The Bertz CT molecular complexity index is 920. The molecule has 0 aliphatic rings. The van der Waals surface area contributed by atoms with Gasteiger partial charge in [0.05, 0.1) is 0 Å². The third-order valence-electron chi connectivity index (χ3n) is 4.15. The van der Waals surface area contributed by atoms with E-state index in [1.165, 1.54) is 38.1 Å². The van der Waals surface area contributed by atoms with Gasteiger partial charge in [-0.15, -0.1) is 0 Å². The zero-order valence-electron chi connectivity index (χ0n) is 16.7. The Labute approximate surface area is 171 Å². The minimum atomic E-state index is -0.854. The van der Waals surface area contributed by atoms with E-state index in [9.17, 15) is 28.0 Å². The summed E-state index contributed by atoms with van der Waals surface area (Å²) in [7, 11) is 0. The van der Waals surface area contributed by atoms with Crippen molar-refractivity contribution in [3.63, 3.8) is 0 Å². The Hall–Kier alpha value is -3.42. The maximum Gasteiger partial charge on any atom is 0.311 e. The van der Waals surface area contributed by atoms with Crippen molar-refractivity contribution in [2.24, 2.45) is 5.92 Å². The highest BCUT2D eigenvalue weighted by molar-refractivity contribution is 5.94. The first kappa shape index (κ1) is 22.9. The lowest BCUT2D eigenvalue weighted by Gasteiger charge is -2.12. The number of carbonyl (C=O) groups excluding carboxylic acids is 4. The number of hydrogen-bond acceptors (Lipinski definition) is 6. The summed E-state index contributed by atoms with van der Waals surface area (Å²) in [5.41, 5.74) is 0.291. The van der Waals surface area contributed by atoms with E-state index >= 15 is 0 Å². The summed E-state index contributed by atoms with van der Waals surface area (Å²) in [6.45, 7) is 4.14. The monoisotopic (exact) mass is 418 g/mol. The molecule has 0 atom stereocenters. The van der Waals surface area contributed by atoms with Gasteiger partial charge >= 0.3 is 11.9 Å². The summed E-state index contributed by atoms with van der Waals surface area (Å²) < 4.78 is 37.7. The van der Waals surface area contributed by atoms with E-state index in [0.717, 1.165) is 12.1 Å². The molecule has 2 aromatic rings. The first-order valence-corrected chi connectivity index (χ1v) is 9.09. The lowest BCUT2D eigenvalue weighted by Crippen LogP contribution is -2.18. The summed E-state index contributed by atoms with van der Waals surface area (Å²) in [4.78, 5) is 46.4. The average Bonchev–Trinajstić information content (AvgIpc) is 2.64. The fourth-order valence-corrected chi connectivity index (χ4v) is 2.58. The van der Waals surface area contributed by atoms with Gasteiger partial charge in [-0.05, 0) is 56.2 Å². The van der Waals surface area contributed by atoms with Crippen LogP contribution in [0, 0.1) is 17.6 Å². The number of hydrogen-bond donors (Lipinski definition) is 0. The summed E-state index contributed by atoms with van der Waals surface area (Å²) in [6.07, 6.45) is -0.427. The number of esters is 2. The molecule has 0 unspecified atom stereocenters. The molecule has 0 N–H and O–H groups in total. The van der Waals surface area contributed by atoms with Gasteiger partial charge in [-0.1, -0.05) is 6.92 Å². The number of rotatable bonds is 8. The van der Waals surface area contributed by atoms with Crippen LogP contribution in [0.4, 0.5) is 8.78 Å². The lowest BCUT2D eigenvalue weighted by molar-refractivity contribution is -0.137. The Morgan fingerprint density at radius 1 is 0.767 bits per heavy atom. The summed E-state index contributed by atoms with van der Waals surface area (Å²) in [5.74, 6) is -5.09. The van der Waals surface area contributed by atoms with Crippen LogP contribution in [0.3, 0.4) is 0 Å². The van der Waals surface area contributed by atoms with Crippen LogP contribution in [-0.2, 0) is 9.59 Å². The normalized spacial score (nSPS) is 10.6. The second-order valence-corrected chi connectivity index (χ2v) is 6.86. The Morgan fingerprint density at radius 3 is 1.43 bits per heavy atom. The highest BCUT2D eigenvalue weighted by Gasteiger charge is 2.19. The molecule has 0 fully saturated rings. The predicted octanol–water partition coefficient (Wildman–Crippen LogP) is 4.30. The topological polar surface area (TPSA) is 86.7 Å². The van der Waals surface area contributed by atoms with Gasteiger partial charge in [0.15, 0.2) is 34.7 Å². The van der Waals surface area contributed by atoms with Gasteiger partial charge in [0.2, 0.25) is 0 Å². The van der Waals surface area contributed by atoms with Crippen LogP contribution in [0.15, 0.2) is 36.4 Å². The van der Waals surface area contributed by atoms with E-state index in [4.69, 9.17) is 9.47 Å². The molecule has 30 heavy (non-hydrogen) atoms. The van der Waals surface area contributed by atoms with Crippen molar-refractivity contribution >= 4 is 23.5 Å². The van der Waals surface area contributed by atoms with Crippen molar-refractivity contribution in [2.75, 3.05) is 0 Å². The van der Waals surface area contributed by atoms with E-state index < -0.39 is 29.5 Å². The van der Waals surface area contributed by atoms with Crippen molar-refractivity contribution in [3.05, 3.63) is 59.2 Å². The molecule has 0 radical (unpaired) electrons. The summed E-state index contributed by atoms with van der Waals surface area (Å²) >= 11 is 0. The molecule has 0 aliphatic carbocycles. The van der Waals surface area contributed by atoms with E-state index in [1.54, 1.807) is 6.92 Å². The Morgan fingerprint density at radius 2 is 1.13 bits per heavy atom. The maximum absolute atomic E-state index is 13.9. The lowest BCUT2D eigenvalue weighted by atomic mass is 10.0. The fraction of sp³-hybridized carbons (Fsp3) is 0.273. The van der Waals surface area contributed by atoms with E-state index in [1.807, 2.05) is 0 Å². The zero-order chi connectivity index (χ0) is 22.4. The van der Waals surface area contributed by atoms with Gasteiger partial charge < -0.3 is 9.47 Å². The number of Topliss-reactive ketones (excluding diaryl/α,β-unsaturated/α-hetero) is 2. The third kappa shape index (κ3) is 6.30. The molecule has 0 heterocycles. The first-order chi connectivity index (χ1) is 14.1. The molecule has 2 aromatic carbocycles. The largest absolute Gasteiger partial charge is 0.423 e. The molecule has 0 aliphatic heterocycles. The molecule has 0 saturated carbocycles. The van der Waals surface area contributed by atoms with Crippen LogP contribution in [0.5, 0.6) is 11.5 Å². The molecule has 0 bridgehead atoms. The molecular weight excluding hydrogens is 398 g/mol. The van der Waals surface area contributed by atoms with Crippen LogP contribution in [0.25, 0.3) is 0 Å². The van der Waals surface area contributed by atoms with Gasteiger partial charge in [-0.25, -0.2) is 8.78 Å². The second kappa shape index (κ2) is 9.87. The number of halogens is 2. The van der Waals surface area contributed by atoms with Crippen LogP contribution in [0.2, 0.25) is 0 Å². The SMILES string of the molecule is CC(=O)c1ccc(OC(=O)CC(C)CC(=O)Oc2ccc(C(C)=O)cc2F)c(F)c1. The van der Waals surface area contributed by atoms with Crippen molar-refractivity contribution in [1.82, 2.24) is 0 Å². The van der Waals surface area contributed by atoms with E-state index in [0.29, 0.717) is 0 Å². The van der Waals surface area contributed by atoms with Crippen molar-refractivity contribution in [1.29, 1.82) is 0 Å². The molecule has 0 spiro atoms. The van der Waals surface area contributed by atoms with Gasteiger partial charge in [-0.3, -0.25) is 19.2 Å². The van der Waals surface area contributed by atoms with Gasteiger partial charge in [0.25, 0.3) is 0 Å². The highest BCUT2D eigenvalue weighted by atomic mass is 19.1. The smallest absolute Gasteiger partial charge is 0.311 e. The molecule has 158 valence electrons. The highest BCUT2D eigenvalue weighted by Crippen LogP contribution is 2.22. The van der Waals surface area contributed by atoms with Crippen LogP contribution in [-0.4, -0.2) is 23.5 Å². The molecule has 0 amide bonds. The van der Waals surface area contributed by atoms with E-state index in [-0.39, 0.29) is 47.0 Å². The number of benzene rings is 2. The molecule has 0 saturated heterocycles. The van der Waals surface area contributed by atoms with Crippen LogP contribution in [0.1, 0.15) is 54.3 Å². The van der Waals surface area contributed by atoms with Gasteiger partial charge in [0, 0.05) is 24.0 Å². The fourth-order valence-electron chi connectivity index (χ4n) is 2.58. The van der Waals surface area contributed by atoms with Gasteiger partial charge in [-0.2, -0.15) is 0 Å².